The maximum atomic E-state index is 13.0. The lowest BCUT2D eigenvalue weighted by Gasteiger charge is -2.10. The number of hydrogen-bond donors (Lipinski definition) is 2. The highest BCUT2D eigenvalue weighted by atomic mass is 79.9. The Hall–Kier alpha value is -1.38. The molecule has 0 atom stereocenters. The van der Waals surface area contributed by atoms with Gasteiger partial charge in [-0.1, -0.05) is 11.6 Å². The number of nitrogens with one attached hydrogen (secondary N) is 1. The molecule has 0 amide bonds. The van der Waals surface area contributed by atoms with Crippen LogP contribution in [0.25, 0.3) is 0 Å². The standard InChI is InChI=1S/C11H8BrClFN3O2S/c12-8-3-6(14)1-2-10(8)17-20(18,19)7-4-9(13)11(15)16-5-7/h1-5,17H,(H2,15,16). The molecule has 0 saturated carbocycles. The average Bonchev–Trinajstić information content (AvgIpc) is 2.36. The molecule has 0 radical (unpaired) electrons. The summed E-state index contributed by atoms with van der Waals surface area (Å²) in [6, 6.07) is 4.76. The smallest absolute Gasteiger partial charge is 0.263 e. The molecule has 20 heavy (non-hydrogen) atoms. The molecule has 0 spiro atoms. The quantitative estimate of drug-likeness (QED) is 0.857. The van der Waals surface area contributed by atoms with Crippen LogP contribution in [0.15, 0.2) is 39.8 Å². The third-order valence-electron chi connectivity index (χ3n) is 2.33. The fourth-order valence-electron chi connectivity index (χ4n) is 1.35. The van der Waals surface area contributed by atoms with E-state index in [1.807, 2.05) is 0 Å². The number of halogens is 3. The summed E-state index contributed by atoms with van der Waals surface area (Å²) in [6.07, 6.45) is 1.08. The molecule has 1 aromatic carbocycles. The van der Waals surface area contributed by atoms with E-state index in [2.05, 4.69) is 25.6 Å². The fourth-order valence-corrected chi connectivity index (χ4v) is 3.22. The highest BCUT2D eigenvalue weighted by molar-refractivity contribution is 9.10. The molecule has 0 aliphatic carbocycles. The number of nitrogens with zero attached hydrogens (tertiary/aromatic N) is 1. The molecule has 9 heteroatoms. The van der Waals surface area contributed by atoms with Gasteiger partial charge >= 0.3 is 0 Å². The van der Waals surface area contributed by atoms with Crippen LogP contribution in [0.2, 0.25) is 5.02 Å². The highest BCUT2D eigenvalue weighted by Crippen LogP contribution is 2.27. The Morgan fingerprint density at radius 3 is 2.65 bits per heavy atom. The van der Waals surface area contributed by atoms with Crippen molar-refractivity contribution in [2.24, 2.45) is 0 Å². The number of benzene rings is 1. The lowest BCUT2D eigenvalue weighted by Crippen LogP contribution is -2.14. The number of pyridine rings is 1. The summed E-state index contributed by atoms with van der Waals surface area (Å²) < 4.78 is 39.8. The maximum Gasteiger partial charge on any atom is 0.263 e. The third kappa shape index (κ3) is 3.20. The van der Waals surface area contributed by atoms with Gasteiger partial charge in [0.25, 0.3) is 10.0 Å². The molecule has 3 N–H and O–H groups in total. The summed E-state index contributed by atoms with van der Waals surface area (Å²) in [4.78, 5) is 3.53. The molecule has 0 bridgehead atoms. The second kappa shape index (κ2) is 5.55. The number of nitrogens with two attached hydrogens (primary N) is 1. The monoisotopic (exact) mass is 379 g/mol. The van der Waals surface area contributed by atoms with Crippen LogP contribution in [-0.4, -0.2) is 13.4 Å². The van der Waals surface area contributed by atoms with Gasteiger partial charge in [0, 0.05) is 10.7 Å². The van der Waals surface area contributed by atoms with Crippen LogP contribution in [0, 0.1) is 5.82 Å². The van der Waals surface area contributed by atoms with E-state index >= 15 is 0 Å². The molecular weight excluding hydrogens is 373 g/mol. The number of rotatable bonds is 3. The van der Waals surface area contributed by atoms with Crippen LogP contribution < -0.4 is 10.5 Å². The molecule has 0 unspecified atom stereocenters. The van der Waals surface area contributed by atoms with E-state index in [4.69, 9.17) is 17.3 Å². The zero-order chi connectivity index (χ0) is 14.9. The van der Waals surface area contributed by atoms with Crippen LogP contribution in [0.5, 0.6) is 0 Å². The first-order valence-electron chi connectivity index (χ1n) is 5.18. The van der Waals surface area contributed by atoms with Gasteiger partial charge in [-0.3, -0.25) is 4.72 Å². The van der Waals surface area contributed by atoms with Gasteiger partial charge in [-0.25, -0.2) is 17.8 Å². The van der Waals surface area contributed by atoms with Gasteiger partial charge in [-0.15, -0.1) is 0 Å². The van der Waals surface area contributed by atoms with E-state index in [1.54, 1.807) is 0 Å². The topological polar surface area (TPSA) is 85.1 Å². The van der Waals surface area contributed by atoms with E-state index in [0.29, 0.717) is 0 Å². The average molecular weight is 381 g/mol. The Labute approximate surface area is 128 Å². The van der Waals surface area contributed by atoms with E-state index in [1.165, 1.54) is 12.1 Å². The molecule has 0 aliphatic rings. The summed E-state index contributed by atoms with van der Waals surface area (Å²) in [7, 11) is -3.89. The summed E-state index contributed by atoms with van der Waals surface area (Å²) in [5.74, 6) is -0.453. The lowest BCUT2D eigenvalue weighted by molar-refractivity contribution is 0.600. The first-order valence-corrected chi connectivity index (χ1v) is 7.84. The van der Waals surface area contributed by atoms with Gasteiger partial charge in [-0.2, -0.15) is 0 Å². The van der Waals surface area contributed by atoms with E-state index < -0.39 is 15.8 Å². The van der Waals surface area contributed by atoms with Crippen molar-refractivity contribution in [2.45, 2.75) is 4.90 Å². The van der Waals surface area contributed by atoms with Crippen LogP contribution in [0.1, 0.15) is 0 Å². The van der Waals surface area contributed by atoms with Crippen LogP contribution in [0.3, 0.4) is 0 Å². The Morgan fingerprint density at radius 2 is 2.05 bits per heavy atom. The number of hydrogen-bond acceptors (Lipinski definition) is 4. The second-order valence-corrected chi connectivity index (χ2v) is 6.71. The van der Waals surface area contributed by atoms with Crippen LogP contribution >= 0.6 is 27.5 Å². The van der Waals surface area contributed by atoms with Gasteiger partial charge in [0.2, 0.25) is 0 Å². The largest absolute Gasteiger partial charge is 0.382 e. The summed E-state index contributed by atoms with van der Waals surface area (Å²) in [6.45, 7) is 0. The molecular formula is C11H8BrClFN3O2S. The van der Waals surface area contributed by atoms with Crippen molar-refractivity contribution < 1.29 is 12.8 Å². The Balaban J connectivity index is 2.38. The number of nitrogen functional groups attached to an aromatic ring is 1. The predicted molar refractivity (Wildman–Crippen MR) is 78.6 cm³/mol. The van der Waals surface area contributed by atoms with Crippen molar-refractivity contribution in [3.05, 3.63) is 45.8 Å². The Bertz CT molecular complexity index is 770. The molecule has 1 aromatic heterocycles. The molecule has 0 aliphatic heterocycles. The van der Waals surface area contributed by atoms with E-state index in [-0.39, 0.29) is 25.9 Å². The van der Waals surface area contributed by atoms with Gasteiger partial charge in [0.05, 0.1) is 10.7 Å². The highest BCUT2D eigenvalue weighted by Gasteiger charge is 2.17. The second-order valence-electron chi connectivity index (χ2n) is 3.77. The minimum atomic E-state index is -3.89. The third-order valence-corrected chi connectivity index (χ3v) is 4.62. The lowest BCUT2D eigenvalue weighted by atomic mass is 10.3. The van der Waals surface area contributed by atoms with Gasteiger partial charge in [0.15, 0.2) is 0 Å². The molecule has 1 heterocycles. The van der Waals surface area contributed by atoms with Gasteiger partial charge in [-0.05, 0) is 40.2 Å². The van der Waals surface area contributed by atoms with Crippen molar-refractivity contribution in [3.8, 4) is 0 Å². The Morgan fingerprint density at radius 1 is 1.35 bits per heavy atom. The van der Waals surface area contributed by atoms with Gasteiger partial charge < -0.3 is 5.73 Å². The fraction of sp³-hybridized carbons (Fsp3) is 0. The molecule has 106 valence electrons. The number of sulfonamides is 1. The van der Waals surface area contributed by atoms with Crippen molar-refractivity contribution in [3.63, 3.8) is 0 Å². The SMILES string of the molecule is Nc1ncc(S(=O)(=O)Nc2ccc(F)cc2Br)cc1Cl. The normalized spacial score (nSPS) is 11.3. The molecule has 2 aromatic rings. The minimum absolute atomic E-state index is 0.0334. The number of anilines is 2. The summed E-state index contributed by atoms with van der Waals surface area (Å²) >= 11 is 8.81. The maximum absolute atomic E-state index is 13.0. The van der Waals surface area contributed by atoms with Crippen LogP contribution in [0.4, 0.5) is 15.9 Å². The zero-order valence-corrected chi connectivity index (χ0v) is 12.9. The molecule has 2 rings (SSSR count). The van der Waals surface area contributed by atoms with Crippen molar-refractivity contribution in [1.82, 2.24) is 4.98 Å². The first-order chi connectivity index (χ1) is 9.29. The first kappa shape index (κ1) is 15.0. The molecule has 0 fully saturated rings. The summed E-state index contributed by atoms with van der Waals surface area (Å²) in [5.41, 5.74) is 5.61. The summed E-state index contributed by atoms with van der Waals surface area (Å²) in [5, 5.41) is 0.0334. The van der Waals surface area contributed by atoms with Crippen LogP contribution in [-0.2, 0) is 10.0 Å². The zero-order valence-electron chi connectivity index (χ0n) is 9.77. The predicted octanol–water partition coefficient (Wildman–Crippen LogP) is 3.02. The minimum Gasteiger partial charge on any atom is -0.382 e. The van der Waals surface area contributed by atoms with E-state index in [0.717, 1.165) is 18.3 Å². The number of aromatic nitrogens is 1. The molecule has 5 nitrogen and oxygen atoms in total. The van der Waals surface area contributed by atoms with Crippen molar-refractivity contribution in [1.29, 1.82) is 0 Å². The van der Waals surface area contributed by atoms with Crippen molar-refractivity contribution >= 4 is 49.1 Å². The molecule has 0 saturated heterocycles. The van der Waals surface area contributed by atoms with Gasteiger partial charge in [0.1, 0.15) is 16.5 Å². The van der Waals surface area contributed by atoms with Crippen molar-refractivity contribution in [2.75, 3.05) is 10.5 Å². The van der Waals surface area contributed by atoms with E-state index in [9.17, 15) is 12.8 Å². The Kier molecular flexibility index (Phi) is 4.17.